The van der Waals surface area contributed by atoms with Crippen molar-refractivity contribution in [2.45, 2.75) is 24.9 Å². The first-order chi connectivity index (χ1) is 11.1. The van der Waals surface area contributed by atoms with Gasteiger partial charge in [-0.1, -0.05) is 71.8 Å². The Bertz CT molecular complexity index is 715. The molecule has 2 unspecified atom stereocenters. The zero-order chi connectivity index (χ0) is 16.2. The van der Waals surface area contributed by atoms with Crippen LogP contribution in [0.2, 0.25) is 13.1 Å². The van der Waals surface area contributed by atoms with Gasteiger partial charge in [0.05, 0.1) is 0 Å². The van der Waals surface area contributed by atoms with Crippen molar-refractivity contribution >= 4 is 17.6 Å². The fourth-order valence-electron chi connectivity index (χ4n) is 3.11. The summed E-state index contributed by atoms with van der Waals surface area (Å²) in [5, 5.41) is 0. The molecule has 0 spiro atoms. The predicted octanol–water partition coefficient (Wildman–Crippen LogP) is 2.60. The minimum atomic E-state index is 0. The third-order valence-electron chi connectivity index (χ3n) is 4.09. The Hall–Kier alpha value is -0.690. The number of hydrogen-bond donors (Lipinski definition) is 0. The molecule has 0 saturated carbocycles. The summed E-state index contributed by atoms with van der Waals surface area (Å²) in [7, 11) is 0. The van der Waals surface area contributed by atoms with Crippen LogP contribution < -0.4 is 12.4 Å². The SMILES string of the molecule is C1=CC([CH-]C2C=Cc3ccccc32)c2ccccc21.C[Si](C)=[Zr].[Cl-]. The van der Waals surface area contributed by atoms with Gasteiger partial charge in [0, 0.05) is 0 Å². The van der Waals surface area contributed by atoms with Crippen LogP contribution in [0.25, 0.3) is 12.2 Å². The van der Waals surface area contributed by atoms with Gasteiger partial charge in [0.15, 0.2) is 0 Å². The summed E-state index contributed by atoms with van der Waals surface area (Å²) >= 11 is 1.74. The van der Waals surface area contributed by atoms with Crippen LogP contribution in [0.1, 0.15) is 34.1 Å². The fourth-order valence-corrected chi connectivity index (χ4v) is 3.11. The standard InChI is InChI=1S/C19H15.C2H6Si.ClH.Zr/c1-3-7-18-14(5-1)9-11-16(18)13-17-12-10-15-6-2-4-8-19(15)17;1-3-2;;/h1-13,16-17H;1-2H3;1H;/q-1;;;/p-1. The number of fused-ring (bicyclic) bond motifs is 2. The van der Waals surface area contributed by atoms with Gasteiger partial charge in [-0.15, -0.1) is 24.0 Å². The second kappa shape index (κ2) is 9.13. The Balaban J connectivity index is 0.000000379. The van der Waals surface area contributed by atoms with Gasteiger partial charge in [0.2, 0.25) is 0 Å². The van der Waals surface area contributed by atoms with E-state index < -0.39 is 0 Å². The maximum absolute atomic E-state index is 2.45. The summed E-state index contributed by atoms with van der Waals surface area (Å²) in [5.74, 6) is 0.883. The molecule has 2 aliphatic rings. The normalized spacial score (nSPS) is 18.9. The Kier molecular flexibility index (Phi) is 7.47. The Morgan fingerprint density at radius 1 is 0.792 bits per heavy atom. The minimum Gasteiger partial charge on any atom is -1.00 e. The number of halogens is 1. The average molecular weight is 428 g/mol. The van der Waals surface area contributed by atoms with E-state index in [-0.39, 0.29) is 17.8 Å². The summed E-state index contributed by atoms with van der Waals surface area (Å²) in [6.07, 6.45) is 11.5. The van der Waals surface area contributed by atoms with Crippen molar-refractivity contribution in [2.24, 2.45) is 0 Å². The molecule has 0 aromatic heterocycles. The maximum atomic E-state index is 2.45. The van der Waals surface area contributed by atoms with Gasteiger partial charge >= 0.3 is 41.9 Å². The second-order valence-corrected chi connectivity index (χ2v) is 15.6. The second-order valence-electron chi connectivity index (χ2n) is 6.22. The van der Waals surface area contributed by atoms with Crippen molar-refractivity contribution in [3.63, 3.8) is 0 Å². The largest absolute Gasteiger partial charge is 1.00 e. The van der Waals surface area contributed by atoms with Crippen LogP contribution in [0.4, 0.5) is 0 Å². The summed E-state index contributed by atoms with van der Waals surface area (Å²) in [5.41, 5.74) is 5.79. The summed E-state index contributed by atoms with van der Waals surface area (Å²) in [6.45, 7) is 4.62. The van der Waals surface area contributed by atoms with E-state index in [0.717, 1.165) is 0 Å². The molecule has 0 nitrogen and oxygen atoms in total. The van der Waals surface area contributed by atoms with Crippen molar-refractivity contribution in [3.05, 3.63) is 89.4 Å². The number of rotatable bonds is 2. The van der Waals surface area contributed by atoms with Gasteiger partial charge in [-0.25, -0.2) is 0 Å². The molecule has 2 aliphatic carbocycles. The summed E-state index contributed by atoms with van der Waals surface area (Å²) in [4.78, 5) is 0. The molecule has 0 saturated heterocycles. The average Bonchev–Trinajstić information content (AvgIpc) is 3.13. The predicted molar refractivity (Wildman–Crippen MR) is 98.2 cm³/mol. The van der Waals surface area contributed by atoms with Gasteiger partial charge in [0.1, 0.15) is 0 Å². The van der Waals surface area contributed by atoms with Crippen molar-refractivity contribution in [2.75, 3.05) is 0 Å². The molecule has 24 heavy (non-hydrogen) atoms. The molecule has 4 rings (SSSR count). The smallest absolute Gasteiger partial charge is 1.00 e. The minimum absolute atomic E-state index is 0. The zero-order valence-corrected chi connectivity index (χ0v) is 18.3. The van der Waals surface area contributed by atoms with E-state index in [1.54, 1.807) is 23.3 Å². The Morgan fingerprint density at radius 3 is 1.58 bits per heavy atom. The van der Waals surface area contributed by atoms with Crippen molar-refractivity contribution in [1.29, 1.82) is 0 Å². The van der Waals surface area contributed by atoms with E-state index in [2.05, 4.69) is 92.3 Å². The molecule has 0 radical (unpaired) electrons. The van der Waals surface area contributed by atoms with E-state index in [9.17, 15) is 0 Å². The van der Waals surface area contributed by atoms with Crippen LogP contribution in [0.3, 0.4) is 0 Å². The quantitative estimate of drug-likeness (QED) is 0.510. The van der Waals surface area contributed by atoms with Gasteiger partial charge in [0.25, 0.3) is 0 Å². The number of allylic oxidation sites excluding steroid dienone is 2. The van der Waals surface area contributed by atoms with Gasteiger partial charge in [-0.3, -0.25) is 0 Å². The van der Waals surface area contributed by atoms with Gasteiger partial charge < -0.3 is 18.8 Å². The van der Waals surface area contributed by atoms with E-state index in [4.69, 9.17) is 0 Å². The monoisotopic (exact) mass is 426 g/mol. The zero-order valence-electron chi connectivity index (χ0n) is 14.0. The Morgan fingerprint density at radius 2 is 1.17 bits per heavy atom. The molecule has 2 atom stereocenters. The van der Waals surface area contributed by atoms with E-state index in [1.807, 2.05) is 0 Å². The van der Waals surface area contributed by atoms with Crippen molar-refractivity contribution < 1.29 is 35.7 Å². The molecule has 2 aromatic carbocycles. The van der Waals surface area contributed by atoms with Crippen molar-refractivity contribution in [1.82, 2.24) is 0 Å². The van der Waals surface area contributed by atoms with Gasteiger partial charge in [-0.05, 0) is 11.1 Å². The van der Waals surface area contributed by atoms with Crippen LogP contribution >= 0.6 is 0 Å². The molecular weight excluding hydrogens is 407 g/mol. The van der Waals surface area contributed by atoms with Crippen LogP contribution in [-0.2, 0) is 23.3 Å². The molecule has 0 amide bonds. The van der Waals surface area contributed by atoms with Crippen LogP contribution in [-0.4, -0.2) is 5.43 Å². The molecular formula is C21H21ClSiZr-2. The first-order valence-electron chi connectivity index (χ1n) is 8.06. The first kappa shape index (κ1) is 19.6. The maximum Gasteiger partial charge on any atom is -1.00 e. The molecule has 0 aliphatic heterocycles. The topological polar surface area (TPSA) is 0 Å². The molecule has 2 aromatic rings. The fraction of sp³-hybridized carbons (Fsp3) is 0.190. The molecule has 0 bridgehead atoms. The van der Waals surface area contributed by atoms with Gasteiger partial charge in [-0.2, -0.15) is 0 Å². The molecule has 3 heteroatoms. The van der Waals surface area contributed by atoms with Crippen molar-refractivity contribution in [3.8, 4) is 0 Å². The first-order valence-corrected chi connectivity index (χ1v) is 14.2. The van der Waals surface area contributed by atoms with E-state index in [1.165, 1.54) is 22.3 Å². The van der Waals surface area contributed by atoms with Crippen LogP contribution in [0.5, 0.6) is 0 Å². The Labute approximate surface area is 166 Å². The van der Waals surface area contributed by atoms with Crippen LogP contribution in [0, 0.1) is 6.42 Å². The summed E-state index contributed by atoms with van der Waals surface area (Å²) in [6, 6.07) is 17.3. The van der Waals surface area contributed by atoms with E-state index >= 15 is 0 Å². The molecule has 0 N–H and O–H groups in total. The number of hydrogen-bond acceptors (Lipinski definition) is 0. The summed E-state index contributed by atoms with van der Waals surface area (Å²) < 4.78 is 0. The van der Waals surface area contributed by atoms with Crippen LogP contribution in [0.15, 0.2) is 60.7 Å². The molecule has 0 heterocycles. The third-order valence-corrected chi connectivity index (χ3v) is 4.09. The number of benzene rings is 2. The van der Waals surface area contributed by atoms with E-state index in [0.29, 0.717) is 11.8 Å². The molecule has 0 fully saturated rings. The third kappa shape index (κ3) is 4.69. The molecule has 122 valence electrons.